The second-order valence-electron chi connectivity index (χ2n) is 5.82. The molecule has 0 radical (unpaired) electrons. The maximum absolute atomic E-state index is 6.16. The van der Waals surface area contributed by atoms with Crippen molar-refractivity contribution in [2.24, 2.45) is 5.73 Å². The fraction of sp³-hybridized carbons (Fsp3) is 0.263. The topological polar surface area (TPSA) is 40.2 Å². The zero-order valence-corrected chi connectivity index (χ0v) is 16.5. The Hall–Kier alpha value is -1.39. The molecule has 6 heteroatoms. The van der Waals surface area contributed by atoms with E-state index in [9.17, 15) is 0 Å². The molecule has 1 heterocycles. The monoisotopic (exact) mass is 398 g/mol. The number of methoxy groups -OCH3 is 1. The Morgan fingerprint density at radius 3 is 2.48 bits per heavy atom. The van der Waals surface area contributed by atoms with Crippen LogP contribution in [0.5, 0.6) is 5.75 Å². The molecule has 0 amide bonds. The molecule has 0 saturated carbocycles. The normalized spacial score (nSPS) is 10.8. The van der Waals surface area contributed by atoms with Gasteiger partial charge >= 0.3 is 0 Å². The van der Waals surface area contributed by atoms with Crippen LogP contribution < -0.4 is 10.5 Å². The number of nitrogens with zero attached hydrogens (tertiary/aromatic N) is 1. The first-order chi connectivity index (χ1) is 11.5. The standard InChI is InChI=1S/C19H20Cl2N2O.ClH/c1-12-15(7-8-22)16-10-14(24-2)4-6-19(16)23(12)11-13-3-5-17(20)18(21)9-13;/h3-6,9-10H,7-8,11,22H2,1-2H3;1H. The minimum absolute atomic E-state index is 0. The summed E-state index contributed by atoms with van der Waals surface area (Å²) in [6.45, 7) is 3.48. The molecule has 0 aliphatic heterocycles. The Morgan fingerprint density at radius 1 is 1.08 bits per heavy atom. The molecule has 0 spiro atoms. The molecule has 0 fully saturated rings. The summed E-state index contributed by atoms with van der Waals surface area (Å²) in [4.78, 5) is 0. The Balaban J connectivity index is 0.00000225. The highest BCUT2D eigenvalue weighted by atomic mass is 35.5. The summed E-state index contributed by atoms with van der Waals surface area (Å²) in [6.07, 6.45) is 0.837. The van der Waals surface area contributed by atoms with Crippen LogP contribution >= 0.6 is 35.6 Å². The van der Waals surface area contributed by atoms with Crippen LogP contribution in [0.1, 0.15) is 16.8 Å². The quantitative estimate of drug-likeness (QED) is 0.637. The van der Waals surface area contributed by atoms with Gasteiger partial charge in [0.25, 0.3) is 0 Å². The van der Waals surface area contributed by atoms with E-state index in [1.165, 1.54) is 22.2 Å². The van der Waals surface area contributed by atoms with Gasteiger partial charge in [-0.3, -0.25) is 0 Å². The summed E-state index contributed by atoms with van der Waals surface area (Å²) in [5.41, 5.74) is 10.6. The molecule has 3 nitrogen and oxygen atoms in total. The molecule has 0 bridgehead atoms. The second-order valence-corrected chi connectivity index (χ2v) is 6.63. The van der Waals surface area contributed by atoms with Crippen molar-refractivity contribution in [3.8, 4) is 5.75 Å². The largest absolute Gasteiger partial charge is 0.497 e. The second kappa shape index (κ2) is 8.33. The molecular formula is C19H21Cl3N2O. The molecule has 1 aromatic heterocycles. The molecule has 0 aliphatic rings. The highest BCUT2D eigenvalue weighted by molar-refractivity contribution is 6.42. The Kier molecular flexibility index (Phi) is 6.64. The average molecular weight is 400 g/mol. The summed E-state index contributed by atoms with van der Waals surface area (Å²) >= 11 is 12.2. The number of hydrogen-bond acceptors (Lipinski definition) is 2. The highest BCUT2D eigenvalue weighted by Crippen LogP contribution is 2.31. The van der Waals surface area contributed by atoms with Crippen LogP contribution in [0.25, 0.3) is 10.9 Å². The van der Waals surface area contributed by atoms with Crippen LogP contribution in [0.4, 0.5) is 0 Å². The van der Waals surface area contributed by atoms with Crippen molar-refractivity contribution in [1.82, 2.24) is 4.57 Å². The first-order valence-electron chi connectivity index (χ1n) is 7.85. The number of fused-ring (bicyclic) bond motifs is 1. The third-order valence-corrected chi connectivity index (χ3v) is 5.12. The van der Waals surface area contributed by atoms with Crippen LogP contribution in [0.2, 0.25) is 10.0 Å². The molecule has 2 aromatic carbocycles. The van der Waals surface area contributed by atoms with Crippen molar-refractivity contribution in [2.75, 3.05) is 13.7 Å². The van der Waals surface area contributed by atoms with E-state index in [-0.39, 0.29) is 12.4 Å². The molecule has 134 valence electrons. The molecule has 2 N–H and O–H groups in total. The number of hydrogen-bond donors (Lipinski definition) is 1. The third kappa shape index (κ3) is 3.90. The first kappa shape index (κ1) is 19.9. The molecule has 0 aliphatic carbocycles. The third-order valence-electron chi connectivity index (χ3n) is 4.38. The number of aromatic nitrogens is 1. The summed E-state index contributed by atoms with van der Waals surface area (Å²) < 4.78 is 7.67. The molecule has 0 saturated heterocycles. The van der Waals surface area contributed by atoms with Crippen LogP contribution in [0.3, 0.4) is 0 Å². The van der Waals surface area contributed by atoms with Gasteiger partial charge in [-0.2, -0.15) is 0 Å². The van der Waals surface area contributed by atoms with Gasteiger partial charge in [0, 0.05) is 23.1 Å². The van der Waals surface area contributed by atoms with Crippen molar-refractivity contribution >= 4 is 46.5 Å². The molecule has 3 aromatic rings. The lowest BCUT2D eigenvalue weighted by Crippen LogP contribution is -2.06. The maximum Gasteiger partial charge on any atom is 0.119 e. The van der Waals surface area contributed by atoms with Gasteiger partial charge in [-0.15, -0.1) is 12.4 Å². The lowest BCUT2D eigenvalue weighted by molar-refractivity contribution is 0.415. The summed E-state index contributed by atoms with van der Waals surface area (Å²) in [5, 5.41) is 2.34. The number of ether oxygens (including phenoxy) is 1. The SMILES string of the molecule is COc1ccc2c(c1)c(CCN)c(C)n2Cc1ccc(Cl)c(Cl)c1.Cl. The van der Waals surface area contributed by atoms with Gasteiger partial charge in [0.15, 0.2) is 0 Å². The van der Waals surface area contributed by atoms with Crippen LogP contribution in [-0.4, -0.2) is 18.2 Å². The van der Waals surface area contributed by atoms with E-state index in [1.54, 1.807) is 7.11 Å². The van der Waals surface area contributed by atoms with E-state index in [0.717, 1.165) is 24.3 Å². The molecule has 25 heavy (non-hydrogen) atoms. The van der Waals surface area contributed by atoms with Gasteiger partial charge in [0.1, 0.15) is 5.75 Å². The molecule has 0 atom stereocenters. The maximum atomic E-state index is 6.16. The average Bonchev–Trinajstić information content (AvgIpc) is 2.83. The Labute approximate surface area is 164 Å². The van der Waals surface area contributed by atoms with E-state index < -0.39 is 0 Å². The highest BCUT2D eigenvalue weighted by Gasteiger charge is 2.15. The lowest BCUT2D eigenvalue weighted by atomic mass is 10.1. The first-order valence-corrected chi connectivity index (χ1v) is 8.60. The molecule has 0 unspecified atom stereocenters. The zero-order chi connectivity index (χ0) is 17.3. The van der Waals surface area contributed by atoms with Gasteiger partial charge in [-0.25, -0.2) is 0 Å². The zero-order valence-electron chi connectivity index (χ0n) is 14.2. The van der Waals surface area contributed by atoms with E-state index in [2.05, 4.69) is 23.6 Å². The summed E-state index contributed by atoms with van der Waals surface area (Å²) in [5.74, 6) is 0.854. The Morgan fingerprint density at radius 2 is 1.84 bits per heavy atom. The van der Waals surface area contributed by atoms with Crippen LogP contribution in [-0.2, 0) is 13.0 Å². The fourth-order valence-electron chi connectivity index (χ4n) is 3.14. The number of rotatable bonds is 5. The van der Waals surface area contributed by atoms with Crippen molar-refractivity contribution in [3.05, 3.63) is 63.3 Å². The van der Waals surface area contributed by atoms with Crippen LogP contribution in [0, 0.1) is 6.92 Å². The fourth-order valence-corrected chi connectivity index (χ4v) is 3.46. The number of nitrogens with two attached hydrogens (primary N) is 1. The van der Waals surface area contributed by atoms with Crippen molar-refractivity contribution in [3.63, 3.8) is 0 Å². The van der Waals surface area contributed by atoms with Crippen molar-refractivity contribution in [1.29, 1.82) is 0 Å². The molecular weight excluding hydrogens is 379 g/mol. The predicted molar refractivity (Wildman–Crippen MR) is 109 cm³/mol. The van der Waals surface area contributed by atoms with E-state index in [0.29, 0.717) is 16.6 Å². The summed E-state index contributed by atoms with van der Waals surface area (Å²) in [7, 11) is 1.68. The van der Waals surface area contributed by atoms with Gasteiger partial charge in [-0.05, 0) is 61.3 Å². The number of halogens is 3. The van der Waals surface area contributed by atoms with Gasteiger partial charge < -0.3 is 15.0 Å². The minimum atomic E-state index is 0. The van der Waals surface area contributed by atoms with Crippen LogP contribution in [0.15, 0.2) is 36.4 Å². The summed E-state index contributed by atoms with van der Waals surface area (Å²) in [6, 6.07) is 11.9. The van der Waals surface area contributed by atoms with E-state index in [1.807, 2.05) is 24.3 Å². The Bertz CT molecular complexity index is 890. The van der Waals surface area contributed by atoms with E-state index >= 15 is 0 Å². The van der Waals surface area contributed by atoms with Crippen molar-refractivity contribution < 1.29 is 4.74 Å². The van der Waals surface area contributed by atoms with Gasteiger partial charge in [0.2, 0.25) is 0 Å². The van der Waals surface area contributed by atoms with Gasteiger partial charge in [0.05, 0.1) is 17.2 Å². The van der Waals surface area contributed by atoms with Crippen molar-refractivity contribution in [2.45, 2.75) is 19.9 Å². The molecule has 3 rings (SSSR count). The minimum Gasteiger partial charge on any atom is -0.497 e. The van der Waals surface area contributed by atoms with Gasteiger partial charge in [-0.1, -0.05) is 29.3 Å². The smallest absolute Gasteiger partial charge is 0.119 e. The lowest BCUT2D eigenvalue weighted by Gasteiger charge is -2.10. The number of benzene rings is 2. The van der Waals surface area contributed by atoms with E-state index in [4.69, 9.17) is 33.7 Å². The predicted octanol–water partition coefficient (Wildman–Crippen LogP) is 5.24.